The van der Waals surface area contributed by atoms with Gasteiger partial charge in [0.1, 0.15) is 5.75 Å². The molecule has 198 valence electrons. The molecule has 0 saturated heterocycles. The minimum atomic E-state index is -0.286. The second-order valence-corrected chi connectivity index (χ2v) is 10.3. The van der Waals surface area contributed by atoms with Crippen molar-refractivity contribution < 1.29 is 19.0 Å². The molecular formula is C32H36N2O4. The highest BCUT2D eigenvalue weighted by Gasteiger charge is 2.16. The van der Waals surface area contributed by atoms with E-state index in [4.69, 9.17) is 14.2 Å². The quantitative estimate of drug-likeness (QED) is 0.253. The zero-order valence-electron chi connectivity index (χ0n) is 23.0. The number of anilines is 2. The highest BCUT2D eigenvalue weighted by atomic mass is 16.5. The third kappa shape index (κ3) is 6.20. The summed E-state index contributed by atoms with van der Waals surface area (Å²) in [5.74, 6) is 2.16. The minimum Gasteiger partial charge on any atom is -0.493 e. The number of carbonyl (C=O) groups is 1. The van der Waals surface area contributed by atoms with E-state index in [9.17, 15) is 4.79 Å². The molecule has 4 aromatic carbocycles. The summed E-state index contributed by atoms with van der Waals surface area (Å²) in [4.78, 5) is 13.0. The van der Waals surface area contributed by atoms with Gasteiger partial charge in [-0.2, -0.15) is 0 Å². The second kappa shape index (κ2) is 11.5. The molecule has 0 spiro atoms. The average molecular weight is 513 g/mol. The van der Waals surface area contributed by atoms with Crippen molar-refractivity contribution in [1.82, 2.24) is 0 Å². The number of hydrogen-bond acceptors (Lipinski definition) is 4. The Labute approximate surface area is 224 Å². The fourth-order valence-electron chi connectivity index (χ4n) is 4.32. The van der Waals surface area contributed by atoms with Gasteiger partial charge in [0.15, 0.2) is 11.5 Å². The third-order valence-electron chi connectivity index (χ3n) is 6.58. The van der Waals surface area contributed by atoms with Crippen LogP contribution in [0.3, 0.4) is 0 Å². The highest BCUT2D eigenvalue weighted by Crippen LogP contribution is 2.33. The normalized spacial score (nSPS) is 11.2. The van der Waals surface area contributed by atoms with E-state index in [-0.39, 0.29) is 11.4 Å². The van der Waals surface area contributed by atoms with Crippen LogP contribution in [0, 0.1) is 6.92 Å². The first-order valence-electron chi connectivity index (χ1n) is 12.7. The van der Waals surface area contributed by atoms with Crippen LogP contribution in [-0.2, 0) is 11.8 Å². The van der Waals surface area contributed by atoms with Gasteiger partial charge < -0.3 is 24.8 Å². The zero-order valence-corrected chi connectivity index (χ0v) is 23.0. The summed E-state index contributed by atoms with van der Waals surface area (Å²) in [5.41, 5.74) is 4.78. The molecule has 0 bridgehead atoms. The molecule has 6 nitrogen and oxygen atoms in total. The molecule has 2 amide bonds. The van der Waals surface area contributed by atoms with E-state index in [1.54, 1.807) is 14.2 Å². The van der Waals surface area contributed by atoms with E-state index in [0.717, 1.165) is 39.0 Å². The van der Waals surface area contributed by atoms with Crippen molar-refractivity contribution in [2.75, 3.05) is 31.5 Å². The van der Waals surface area contributed by atoms with Crippen molar-refractivity contribution in [3.05, 3.63) is 89.5 Å². The monoisotopic (exact) mass is 512 g/mol. The number of hydrogen-bond donors (Lipinski definition) is 2. The van der Waals surface area contributed by atoms with Crippen molar-refractivity contribution in [3.63, 3.8) is 0 Å². The number of benzene rings is 4. The van der Waals surface area contributed by atoms with Gasteiger partial charge in [-0.05, 0) is 59.4 Å². The van der Waals surface area contributed by atoms with Crippen molar-refractivity contribution >= 4 is 28.2 Å². The lowest BCUT2D eigenvalue weighted by Crippen LogP contribution is -2.21. The molecule has 2 N–H and O–H groups in total. The van der Waals surface area contributed by atoms with Crippen LogP contribution in [0.5, 0.6) is 17.2 Å². The van der Waals surface area contributed by atoms with Crippen molar-refractivity contribution in [1.29, 1.82) is 0 Å². The van der Waals surface area contributed by atoms with Crippen molar-refractivity contribution in [2.45, 2.75) is 39.5 Å². The van der Waals surface area contributed by atoms with Crippen LogP contribution in [0.4, 0.5) is 16.2 Å². The predicted octanol–water partition coefficient (Wildman–Crippen LogP) is 7.73. The van der Waals surface area contributed by atoms with Crippen LogP contribution in [0.25, 0.3) is 10.8 Å². The van der Waals surface area contributed by atoms with Crippen LogP contribution in [0.2, 0.25) is 0 Å². The molecular weight excluding hydrogens is 476 g/mol. The fraction of sp³-hybridized carbons (Fsp3) is 0.281. The number of aryl methyl sites for hydroxylation is 1. The Morgan fingerprint density at radius 3 is 2.16 bits per heavy atom. The maximum Gasteiger partial charge on any atom is 0.323 e. The van der Waals surface area contributed by atoms with E-state index in [2.05, 4.69) is 37.5 Å². The van der Waals surface area contributed by atoms with Crippen LogP contribution in [-0.4, -0.2) is 26.9 Å². The Hall–Kier alpha value is -4.19. The van der Waals surface area contributed by atoms with E-state index >= 15 is 0 Å². The first-order valence-corrected chi connectivity index (χ1v) is 12.7. The molecule has 0 heterocycles. The summed E-state index contributed by atoms with van der Waals surface area (Å²) >= 11 is 0. The number of ether oxygens (including phenoxy) is 3. The maximum atomic E-state index is 13.0. The lowest BCUT2D eigenvalue weighted by atomic mass is 9.86. The van der Waals surface area contributed by atoms with Gasteiger partial charge in [-0.25, -0.2) is 4.79 Å². The standard InChI is InChI=1S/C32H36N2O4/c1-21-11-13-23(32(2,3)4)20-27(21)34-31(35)33-26-14-16-28(25-10-8-7-9-24(25)26)38-18-17-22-12-15-29(36-5)30(19-22)37-6/h7-16,19-20H,17-18H2,1-6H3,(H2,33,34,35). The molecule has 0 aromatic heterocycles. The lowest BCUT2D eigenvalue weighted by molar-refractivity contribution is 0.262. The summed E-state index contributed by atoms with van der Waals surface area (Å²) in [6, 6.07) is 23.5. The van der Waals surface area contributed by atoms with Crippen LogP contribution < -0.4 is 24.8 Å². The van der Waals surface area contributed by atoms with Gasteiger partial charge in [-0.3, -0.25) is 0 Å². The molecule has 0 aliphatic carbocycles. The smallest absolute Gasteiger partial charge is 0.323 e. The SMILES string of the molecule is COc1ccc(CCOc2ccc(NC(=O)Nc3cc(C(C)(C)C)ccc3C)c3ccccc23)cc1OC. The molecule has 0 radical (unpaired) electrons. The van der Waals surface area contributed by atoms with Crippen LogP contribution in [0.15, 0.2) is 72.8 Å². The van der Waals surface area contributed by atoms with Crippen LogP contribution in [0.1, 0.15) is 37.5 Å². The average Bonchev–Trinajstić information content (AvgIpc) is 2.90. The Morgan fingerprint density at radius 1 is 0.763 bits per heavy atom. The number of rotatable bonds is 8. The fourth-order valence-corrected chi connectivity index (χ4v) is 4.32. The first-order chi connectivity index (χ1) is 18.2. The lowest BCUT2D eigenvalue weighted by Gasteiger charge is -2.21. The first kappa shape index (κ1) is 26.9. The number of amides is 2. The summed E-state index contributed by atoms with van der Waals surface area (Å²) in [6.45, 7) is 8.96. The molecule has 0 atom stereocenters. The molecule has 38 heavy (non-hydrogen) atoms. The second-order valence-electron chi connectivity index (χ2n) is 10.3. The van der Waals surface area contributed by atoms with Crippen LogP contribution >= 0.6 is 0 Å². The van der Waals surface area contributed by atoms with Crippen molar-refractivity contribution in [2.24, 2.45) is 0 Å². The number of urea groups is 1. The van der Waals surface area contributed by atoms with Gasteiger partial charge >= 0.3 is 6.03 Å². The van der Waals surface area contributed by atoms with Gasteiger partial charge in [-0.1, -0.05) is 63.2 Å². The summed E-state index contributed by atoms with van der Waals surface area (Å²) in [7, 11) is 3.25. The number of nitrogens with one attached hydrogen (secondary N) is 2. The highest BCUT2D eigenvalue weighted by molar-refractivity contribution is 6.07. The topological polar surface area (TPSA) is 68.8 Å². The van der Waals surface area contributed by atoms with E-state index < -0.39 is 0 Å². The Balaban J connectivity index is 1.47. The maximum absolute atomic E-state index is 13.0. The zero-order chi connectivity index (χ0) is 27.3. The number of carbonyl (C=O) groups excluding carboxylic acids is 1. The largest absolute Gasteiger partial charge is 0.493 e. The molecule has 0 unspecified atom stereocenters. The molecule has 0 aliphatic rings. The van der Waals surface area contributed by atoms with Gasteiger partial charge in [0.05, 0.1) is 26.5 Å². The van der Waals surface area contributed by atoms with E-state index in [1.165, 1.54) is 5.56 Å². The Bertz CT molecular complexity index is 1440. The third-order valence-corrected chi connectivity index (χ3v) is 6.58. The molecule has 0 saturated carbocycles. The molecule has 0 fully saturated rings. The summed E-state index contributed by atoms with van der Waals surface area (Å²) in [6.07, 6.45) is 0.712. The van der Waals surface area contributed by atoms with Gasteiger partial charge in [0.2, 0.25) is 0 Å². The van der Waals surface area contributed by atoms with Gasteiger partial charge in [-0.15, -0.1) is 0 Å². The van der Waals surface area contributed by atoms with E-state index in [1.807, 2.05) is 73.7 Å². The molecule has 4 aromatic rings. The summed E-state index contributed by atoms with van der Waals surface area (Å²) < 4.78 is 16.9. The molecule has 6 heteroatoms. The van der Waals surface area contributed by atoms with Gasteiger partial charge in [0, 0.05) is 22.9 Å². The molecule has 0 aliphatic heterocycles. The number of methoxy groups -OCH3 is 2. The number of fused-ring (bicyclic) bond motifs is 1. The van der Waals surface area contributed by atoms with Gasteiger partial charge in [0.25, 0.3) is 0 Å². The van der Waals surface area contributed by atoms with Crippen molar-refractivity contribution in [3.8, 4) is 17.2 Å². The minimum absolute atomic E-state index is 0.00785. The Morgan fingerprint density at radius 2 is 1.45 bits per heavy atom. The van der Waals surface area contributed by atoms with E-state index in [0.29, 0.717) is 24.5 Å². The summed E-state index contributed by atoms with van der Waals surface area (Å²) in [5, 5.41) is 7.88. The predicted molar refractivity (Wildman–Crippen MR) is 155 cm³/mol. The molecule has 4 rings (SSSR count). The Kier molecular flexibility index (Phi) is 8.10.